The van der Waals surface area contributed by atoms with Gasteiger partial charge in [-0.15, -0.1) is 0 Å². The van der Waals surface area contributed by atoms with E-state index in [0.29, 0.717) is 0 Å². The molecule has 4 heteroatoms. The Bertz CT molecular complexity index is 339. The smallest absolute Gasteiger partial charge is 0.0794 e. The third-order valence-corrected chi connectivity index (χ3v) is 3.14. The van der Waals surface area contributed by atoms with Crippen molar-refractivity contribution in [1.82, 2.24) is 0 Å². The lowest BCUT2D eigenvalue weighted by molar-refractivity contribution is 0.0343. The summed E-state index contributed by atoms with van der Waals surface area (Å²) in [6, 6.07) is 5.83. The van der Waals surface area contributed by atoms with Crippen LogP contribution in [-0.4, -0.2) is 19.3 Å². The Labute approximate surface area is 105 Å². The van der Waals surface area contributed by atoms with Gasteiger partial charge in [-0.2, -0.15) is 0 Å². The zero-order valence-corrected chi connectivity index (χ0v) is 11.5. The molecule has 0 amide bonds. The van der Waals surface area contributed by atoms with E-state index < -0.39 is 0 Å². The molecule has 15 heavy (non-hydrogen) atoms. The van der Waals surface area contributed by atoms with Crippen LogP contribution in [0.2, 0.25) is 0 Å². The van der Waals surface area contributed by atoms with Crippen molar-refractivity contribution < 1.29 is 4.74 Å². The van der Waals surface area contributed by atoms with Crippen molar-refractivity contribution in [1.29, 1.82) is 0 Å². The molecule has 3 nitrogen and oxygen atoms in total. The molecule has 0 aromatic heterocycles. The second-order valence-corrected chi connectivity index (χ2v) is 5.22. The van der Waals surface area contributed by atoms with Gasteiger partial charge >= 0.3 is 0 Å². The summed E-state index contributed by atoms with van der Waals surface area (Å²) in [5, 5.41) is 3.34. The van der Waals surface area contributed by atoms with Gasteiger partial charge in [-0.05, 0) is 54.6 Å². The molecule has 0 spiro atoms. The largest absolute Gasteiger partial charge is 0.399 e. The molecule has 3 N–H and O–H groups in total. The van der Waals surface area contributed by atoms with Crippen molar-refractivity contribution in [2.75, 3.05) is 24.7 Å². The number of ether oxygens (including phenoxy) is 1. The van der Waals surface area contributed by atoms with Crippen LogP contribution in [0.15, 0.2) is 18.2 Å². The summed E-state index contributed by atoms with van der Waals surface area (Å²) in [5.74, 6) is 0. The van der Waals surface area contributed by atoms with Crippen LogP contribution < -0.4 is 11.1 Å². The second-order valence-electron chi connectivity index (χ2n) is 4.06. The lowest BCUT2D eigenvalue weighted by Gasteiger charge is -2.24. The molecule has 1 aromatic rings. The summed E-state index contributed by atoms with van der Waals surface area (Å²) >= 11 is 2.27. The van der Waals surface area contributed by atoms with Crippen LogP contribution in [0.5, 0.6) is 0 Å². The zero-order valence-electron chi connectivity index (χ0n) is 9.30. The van der Waals surface area contributed by atoms with E-state index in [1.165, 1.54) is 0 Å². The molecular formula is C11H17IN2O. The van der Waals surface area contributed by atoms with Crippen LogP contribution in [0.3, 0.4) is 0 Å². The Morgan fingerprint density at radius 3 is 2.67 bits per heavy atom. The van der Waals surface area contributed by atoms with E-state index >= 15 is 0 Å². The van der Waals surface area contributed by atoms with E-state index in [2.05, 4.69) is 27.9 Å². The molecular weight excluding hydrogens is 303 g/mol. The fourth-order valence-electron chi connectivity index (χ4n) is 1.05. The third-order valence-electron chi connectivity index (χ3n) is 2.25. The predicted molar refractivity (Wildman–Crippen MR) is 73.1 cm³/mol. The SMILES string of the molecule is COC(C)(C)CNc1ccc(N)cc1I. The number of nitrogens with two attached hydrogens (primary N) is 1. The maximum Gasteiger partial charge on any atom is 0.0794 e. The van der Waals surface area contributed by atoms with Crippen molar-refractivity contribution in [3.63, 3.8) is 0 Å². The molecule has 0 heterocycles. The van der Waals surface area contributed by atoms with Gasteiger partial charge in [0.1, 0.15) is 0 Å². The topological polar surface area (TPSA) is 47.3 Å². The highest BCUT2D eigenvalue weighted by Crippen LogP contribution is 2.21. The fraction of sp³-hybridized carbons (Fsp3) is 0.455. The van der Waals surface area contributed by atoms with E-state index in [9.17, 15) is 0 Å². The van der Waals surface area contributed by atoms with Crippen molar-refractivity contribution in [3.05, 3.63) is 21.8 Å². The van der Waals surface area contributed by atoms with Crippen LogP contribution in [0.4, 0.5) is 11.4 Å². The zero-order chi connectivity index (χ0) is 11.5. The monoisotopic (exact) mass is 320 g/mol. The average molecular weight is 320 g/mol. The van der Waals surface area contributed by atoms with Gasteiger partial charge < -0.3 is 15.8 Å². The standard InChI is InChI=1S/C11H17IN2O/c1-11(2,15-3)7-14-10-5-4-8(13)6-9(10)12/h4-6,14H,7,13H2,1-3H3. The highest BCUT2D eigenvalue weighted by molar-refractivity contribution is 14.1. The molecule has 1 aromatic carbocycles. The highest BCUT2D eigenvalue weighted by atomic mass is 127. The Morgan fingerprint density at radius 2 is 2.13 bits per heavy atom. The number of benzene rings is 1. The minimum Gasteiger partial charge on any atom is -0.399 e. The molecule has 0 fully saturated rings. The quantitative estimate of drug-likeness (QED) is 0.662. The first kappa shape index (κ1) is 12.6. The van der Waals surface area contributed by atoms with E-state index in [1.54, 1.807) is 7.11 Å². The normalized spacial score (nSPS) is 11.5. The molecule has 0 aliphatic heterocycles. The molecule has 0 saturated heterocycles. The van der Waals surface area contributed by atoms with Gasteiger partial charge in [-0.1, -0.05) is 0 Å². The first-order valence-corrected chi connectivity index (χ1v) is 5.86. The summed E-state index contributed by atoms with van der Waals surface area (Å²) in [5.41, 5.74) is 7.40. The number of nitrogens with one attached hydrogen (secondary N) is 1. The Balaban J connectivity index is 2.66. The van der Waals surface area contributed by atoms with Gasteiger partial charge in [0, 0.05) is 28.6 Å². The van der Waals surface area contributed by atoms with E-state index in [0.717, 1.165) is 21.5 Å². The summed E-state index contributed by atoms with van der Waals surface area (Å²) < 4.78 is 6.46. The number of hydrogen-bond acceptors (Lipinski definition) is 3. The van der Waals surface area contributed by atoms with Gasteiger partial charge in [-0.25, -0.2) is 0 Å². The third kappa shape index (κ3) is 3.87. The summed E-state index contributed by atoms with van der Waals surface area (Å²) in [4.78, 5) is 0. The molecule has 0 aliphatic rings. The number of methoxy groups -OCH3 is 1. The van der Waals surface area contributed by atoms with E-state index in [1.807, 2.05) is 32.0 Å². The van der Waals surface area contributed by atoms with Gasteiger partial charge in [0.15, 0.2) is 0 Å². The predicted octanol–water partition coefficient (Wildman–Crippen LogP) is 2.71. The minimum atomic E-state index is -0.162. The Hall–Kier alpha value is -0.490. The molecule has 0 bridgehead atoms. The van der Waals surface area contributed by atoms with Crippen LogP contribution in [0.1, 0.15) is 13.8 Å². The maximum absolute atomic E-state index is 5.68. The van der Waals surface area contributed by atoms with Crippen molar-refractivity contribution in [3.8, 4) is 0 Å². The Kier molecular flexibility index (Phi) is 4.21. The fourth-order valence-corrected chi connectivity index (χ4v) is 1.79. The van der Waals surface area contributed by atoms with Gasteiger partial charge in [-0.3, -0.25) is 0 Å². The second kappa shape index (κ2) is 5.03. The number of hydrogen-bond donors (Lipinski definition) is 2. The first-order valence-electron chi connectivity index (χ1n) is 4.79. The van der Waals surface area contributed by atoms with Crippen molar-refractivity contribution >= 4 is 34.0 Å². The van der Waals surface area contributed by atoms with E-state index in [-0.39, 0.29) is 5.60 Å². The molecule has 0 saturated carbocycles. The van der Waals surface area contributed by atoms with Gasteiger partial charge in [0.25, 0.3) is 0 Å². The van der Waals surface area contributed by atoms with Gasteiger partial charge in [0.2, 0.25) is 0 Å². The highest BCUT2D eigenvalue weighted by Gasteiger charge is 2.15. The molecule has 1 rings (SSSR count). The van der Waals surface area contributed by atoms with Crippen LogP contribution in [-0.2, 0) is 4.74 Å². The molecule has 0 radical (unpaired) electrons. The molecule has 84 valence electrons. The number of nitrogen functional groups attached to an aromatic ring is 1. The summed E-state index contributed by atoms with van der Waals surface area (Å²) in [6.07, 6.45) is 0. The lowest BCUT2D eigenvalue weighted by atomic mass is 10.1. The van der Waals surface area contributed by atoms with Gasteiger partial charge in [0.05, 0.1) is 5.60 Å². The van der Waals surface area contributed by atoms with Crippen LogP contribution in [0.25, 0.3) is 0 Å². The van der Waals surface area contributed by atoms with Crippen LogP contribution >= 0.6 is 22.6 Å². The molecule has 0 atom stereocenters. The number of anilines is 2. The molecule has 0 unspecified atom stereocenters. The summed E-state index contributed by atoms with van der Waals surface area (Å²) in [6.45, 7) is 4.86. The van der Waals surface area contributed by atoms with Crippen LogP contribution in [0, 0.1) is 3.57 Å². The minimum absolute atomic E-state index is 0.162. The molecule has 0 aliphatic carbocycles. The van der Waals surface area contributed by atoms with Crippen molar-refractivity contribution in [2.45, 2.75) is 19.4 Å². The Morgan fingerprint density at radius 1 is 1.47 bits per heavy atom. The van der Waals surface area contributed by atoms with Crippen molar-refractivity contribution in [2.24, 2.45) is 0 Å². The number of halogens is 1. The average Bonchev–Trinajstić information content (AvgIpc) is 2.16. The summed E-state index contributed by atoms with van der Waals surface area (Å²) in [7, 11) is 1.72. The maximum atomic E-state index is 5.68. The van der Waals surface area contributed by atoms with E-state index in [4.69, 9.17) is 10.5 Å². The first-order chi connectivity index (χ1) is 6.94. The number of rotatable bonds is 4. The lowest BCUT2D eigenvalue weighted by Crippen LogP contribution is -2.32.